The van der Waals surface area contributed by atoms with E-state index in [9.17, 15) is 0 Å². The fourth-order valence-electron chi connectivity index (χ4n) is 1.61. The summed E-state index contributed by atoms with van der Waals surface area (Å²) in [5.41, 5.74) is 3.84. The third kappa shape index (κ3) is 2.62. The van der Waals surface area contributed by atoms with Gasteiger partial charge in [0.05, 0.1) is 0 Å². The van der Waals surface area contributed by atoms with E-state index >= 15 is 0 Å². The minimum atomic E-state index is 0.171. The molecule has 0 aromatic carbocycles. The second-order valence-electron chi connectivity index (χ2n) is 4.26. The molecule has 2 aliphatic rings. The summed E-state index contributed by atoms with van der Waals surface area (Å²) in [4.78, 5) is 0. The Labute approximate surface area is 93.3 Å². The van der Waals surface area contributed by atoms with E-state index in [1.807, 2.05) is 13.8 Å². The molecule has 1 nitrogen and oxygen atoms in total. The van der Waals surface area contributed by atoms with E-state index in [1.54, 1.807) is 0 Å². The van der Waals surface area contributed by atoms with Crippen LogP contribution in [0.1, 0.15) is 27.7 Å². The van der Waals surface area contributed by atoms with Gasteiger partial charge in [-0.15, -0.1) is 0 Å². The molecule has 0 bridgehead atoms. The van der Waals surface area contributed by atoms with Crippen molar-refractivity contribution in [2.45, 2.75) is 27.7 Å². The van der Waals surface area contributed by atoms with Crippen LogP contribution in [-0.2, 0) is 0 Å². The smallest absolute Gasteiger partial charge is 0.0407 e. The van der Waals surface area contributed by atoms with E-state index in [2.05, 4.69) is 50.0 Å². The Morgan fingerprint density at radius 1 is 1.20 bits per heavy atom. The van der Waals surface area contributed by atoms with Crippen LogP contribution >= 0.6 is 0 Å². The summed E-state index contributed by atoms with van der Waals surface area (Å²) >= 11 is 0. The van der Waals surface area contributed by atoms with Crippen LogP contribution in [0, 0.1) is 5.41 Å². The van der Waals surface area contributed by atoms with Gasteiger partial charge in [-0.2, -0.15) is 0 Å². The van der Waals surface area contributed by atoms with Crippen molar-refractivity contribution in [1.29, 1.82) is 0 Å². The topological polar surface area (TPSA) is 12.0 Å². The average Bonchev–Trinajstić information content (AvgIpc) is 2.49. The highest BCUT2D eigenvalue weighted by Crippen LogP contribution is 2.29. The van der Waals surface area contributed by atoms with Crippen LogP contribution in [0.25, 0.3) is 0 Å². The van der Waals surface area contributed by atoms with Gasteiger partial charge in [0.1, 0.15) is 0 Å². The number of nitrogens with one attached hydrogen (secondary N) is 1. The molecule has 82 valence electrons. The van der Waals surface area contributed by atoms with Crippen LogP contribution in [0.5, 0.6) is 0 Å². The van der Waals surface area contributed by atoms with Crippen LogP contribution in [0.3, 0.4) is 0 Å². The van der Waals surface area contributed by atoms with Crippen molar-refractivity contribution < 1.29 is 0 Å². The molecule has 2 rings (SSSR count). The highest BCUT2D eigenvalue weighted by atomic mass is 14.9. The van der Waals surface area contributed by atoms with Gasteiger partial charge in [0.25, 0.3) is 0 Å². The fourth-order valence-corrected chi connectivity index (χ4v) is 1.61. The van der Waals surface area contributed by atoms with Gasteiger partial charge < -0.3 is 5.32 Å². The molecule has 0 saturated carbocycles. The van der Waals surface area contributed by atoms with Crippen molar-refractivity contribution in [3.63, 3.8) is 0 Å². The van der Waals surface area contributed by atoms with Crippen molar-refractivity contribution in [2.24, 2.45) is 5.41 Å². The van der Waals surface area contributed by atoms with Crippen molar-refractivity contribution >= 4 is 0 Å². The minimum absolute atomic E-state index is 0.171. The molecule has 1 aliphatic heterocycles. The largest absolute Gasteiger partial charge is 0.381 e. The molecule has 0 fully saturated rings. The maximum atomic E-state index is 3.97. The normalized spacial score (nSPS) is 21.5. The molecule has 0 aromatic heterocycles. The highest BCUT2D eigenvalue weighted by Gasteiger charge is 2.18. The summed E-state index contributed by atoms with van der Waals surface area (Å²) in [7, 11) is 0. The summed E-state index contributed by atoms with van der Waals surface area (Å²) in [6.45, 7) is 13.3. The van der Waals surface area contributed by atoms with E-state index < -0.39 is 0 Å². The van der Waals surface area contributed by atoms with E-state index in [1.165, 1.54) is 11.1 Å². The molecule has 0 unspecified atom stereocenters. The average molecular weight is 203 g/mol. The second kappa shape index (κ2) is 4.52. The molecule has 1 heteroatoms. The zero-order valence-corrected chi connectivity index (χ0v) is 10.2. The third-order valence-corrected chi connectivity index (χ3v) is 2.56. The Bertz CT molecular complexity index is 340. The van der Waals surface area contributed by atoms with Gasteiger partial charge >= 0.3 is 0 Å². The quantitative estimate of drug-likeness (QED) is 0.634. The van der Waals surface area contributed by atoms with E-state index in [-0.39, 0.29) is 5.41 Å². The van der Waals surface area contributed by atoms with Gasteiger partial charge in [-0.25, -0.2) is 0 Å². The van der Waals surface area contributed by atoms with Crippen LogP contribution in [0.4, 0.5) is 0 Å². The first-order chi connectivity index (χ1) is 7.08. The van der Waals surface area contributed by atoms with Gasteiger partial charge in [-0.1, -0.05) is 58.6 Å². The Morgan fingerprint density at radius 3 is 2.47 bits per heavy atom. The maximum Gasteiger partial charge on any atom is 0.0407 e. The summed E-state index contributed by atoms with van der Waals surface area (Å²) in [5, 5.41) is 3.25. The number of rotatable bonds is 0. The summed E-state index contributed by atoms with van der Waals surface area (Å²) in [6, 6.07) is 0. The first-order valence-electron chi connectivity index (χ1n) is 5.63. The lowest BCUT2D eigenvalue weighted by Gasteiger charge is -2.13. The number of allylic oxidation sites excluding steroid dienone is 3. The van der Waals surface area contributed by atoms with Gasteiger partial charge in [0.2, 0.25) is 0 Å². The standard InChI is InChI=1S/C12H15N.C2H6/c1-9-11-5-7-12(2,3)6-4-10(11)8-13-9;1-2/h4-7,13H,1,8H2,2-3H3;1-2H3. The molecule has 0 aromatic rings. The van der Waals surface area contributed by atoms with Crippen molar-refractivity contribution in [2.75, 3.05) is 6.54 Å². The van der Waals surface area contributed by atoms with Crippen LogP contribution in [0.15, 0.2) is 47.7 Å². The van der Waals surface area contributed by atoms with E-state index in [0.717, 1.165) is 12.2 Å². The van der Waals surface area contributed by atoms with E-state index in [0.29, 0.717) is 0 Å². The van der Waals surface area contributed by atoms with Crippen LogP contribution < -0.4 is 5.32 Å². The third-order valence-electron chi connectivity index (χ3n) is 2.56. The lowest BCUT2D eigenvalue weighted by molar-refractivity contribution is 0.626. The molecule has 0 amide bonds. The Morgan fingerprint density at radius 2 is 1.80 bits per heavy atom. The molecule has 1 aliphatic carbocycles. The first-order valence-corrected chi connectivity index (χ1v) is 5.63. The summed E-state index contributed by atoms with van der Waals surface area (Å²) < 4.78 is 0. The Kier molecular flexibility index (Phi) is 3.57. The number of hydrogen-bond acceptors (Lipinski definition) is 1. The fraction of sp³-hybridized carbons (Fsp3) is 0.429. The summed E-state index contributed by atoms with van der Waals surface area (Å²) in [6.07, 6.45) is 8.86. The molecule has 1 N–H and O–H groups in total. The molecular weight excluding hydrogens is 182 g/mol. The molecule has 15 heavy (non-hydrogen) atoms. The van der Waals surface area contributed by atoms with Gasteiger partial charge in [-0.3, -0.25) is 0 Å². The van der Waals surface area contributed by atoms with Gasteiger partial charge in [0.15, 0.2) is 0 Å². The number of hydrogen-bond donors (Lipinski definition) is 1. The van der Waals surface area contributed by atoms with Gasteiger partial charge in [0, 0.05) is 23.2 Å². The summed E-state index contributed by atoms with van der Waals surface area (Å²) in [5.74, 6) is 0. The molecule has 0 saturated heterocycles. The van der Waals surface area contributed by atoms with Crippen LogP contribution in [0.2, 0.25) is 0 Å². The SMILES string of the molecule is C=C1NCC2=C1C=CC(C)(C)C=C2.CC. The molecule has 1 heterocycles. The second-order valence-corrected chi connectivity index (χ2v) is 4.26. The monoisotopic (exact) mass is 203 g/mol. The molecule has 0 atom stereocenters. The Balaban J connectivity index is 0.000000531. The van der Waals surface area contributed by atoms with Crippen LogP contribution in [-0.4, -0.2) is 6.54 Å². The highest BCUT2D eigenvalue weighted by molar-refractivity contribution is 5.52. The zero-order chi connectivity index (χ0) is 11.5. The maximum absolute atomic E-state index is 3.97. The van der Waals surface area contributed by atoms with Crippen molar-refractivity contribution in [1.82, 2.24) is 5.32 Å². The zero-order valence-electron chi connectivity index (χ0n) is 10.2. The van der Waals surface area contributed by atoms with Crippen molar-refractivity contribution in [3.05, 3.63) is 47.7 Å². The molecule has 0 radical (unpaired) electrons. The minimum Gasteiger partial charge on any atom is -0.381 e. The lowest BCUT2D eigenvalue weighted by Crippen LogP contribution is -2.07. The predicted octanol–water partition coefficient (Wildman–Crippen LogP) is 3.58. The predicted molar refractivity (Wildman–Crippen MR) is 67.6 cm³/mol. The first kappa shape index (κ1) is 11.8. The Hall–Kier alpha value is -1.24. The lowest BCUT2D eigenvalue weighted by atomic mass is 9.93. The molecule has 0 spiro atoms. The van der Waals surface area contributed by atoms with E-state index in [4.69, 9.17) is 0 Å². The molecular formula is C14H21N. The van der Waals surface area contributed by atoms with Gasteiger partial charge in [-0.05, 0) is 5.57 Å². The van der Waals surface area contributed by atoms with Crippen molar-refractivity contribution in [3.8, 4) is 0 Å².